The predicted octanol–water partition coefficient (Wildman–Crippen LogP) is 4.49. The highest BCUT2D eigenvalue weighted by Crippen LogP contribution is 2.44. The third kappa shape index (κ3) is 2.97. The maximum atomic E-state index is 12.9. The van der Waals surface area contributed by atoms with Crippen LogP contribution in [0.2, 0.25) is 0 Å². The molecule has 1 aromatic heterocycles. The van der Waals surface area contributed by atoms with Gasteiger partial charge in [-0.1, -0.05) is 6.42 Å². The normalized spacial score (nSPS) is 26.9. The third-order valence-corrected chi connectivity index (χ3v) is 6.69. The second-order valence-corrected chi connectivity index (χ2v) is 8.21. The minimum Gasteiger partial charge on any atom is -0.481 e. The van der Waals surface area contributed by atoms with Gasteiger partial charge in [-0.2, -0.15) is 11.8 Å². The van der Waals surface area contributed by atoms with Crippen molar-refractivity contribution in [3.8, 4) is 5.88 Å². The molecule has 23 heavy (non-hydrogen) atoms. The lowest BCUT2D eigenvalue weighted by molar-refractivity contribution is 0.0897. The monoisotopic (exact) mass is 327 g/mol. The van der Waals surface area contributed by atoms with Crippen molar-refractivity contribution in [2.45, 2.75) is 42.6 Å². The summed E-state index contributed by atoms with van der Waals surface area (Å²) >= 11 is 2.12. The van der Waals surface area contributed by atoms with E-state index in [9.17, 15) is 4.79 Å². The number of aromatic nitrogens is 1. The Kier molecular flexibility index (Phi) is 4.02. The van der Waals surface area contributed by atoms with Crippen molar-refractivity contribution >= 4 is 28.4 Å². The molecule has 2 unspecified atom stereocenters. The summed E-state index contributed by atoms with van der Waals surface area (Å²) in [6.45, 7) is 0. The van der Waals surface area contributed by atoms with Crippen molar-refractivity contribution in [2.75, 3.05) is 7.11 Å². The van der Waals surface area contributed by atoms with E-state index in [0.29, 0.717) is 22.2 Å². The topological polar surface area (TPSA) is 39.2 Å². The second-order valence-electron chi connectivity index (χ2n) is 6.60. The quantitative estimate of drug-likeness (QED) is 0.779. The second kappa shape index (κ2) is 6.16. The van der Waals surface area contributed by atoms with Crippen LogP contribution in [0.4, 0.5) is 0 Å². The molecular formula is C19H21NO2S. The maximum absolute atomic E-state index is 12.9. The van der Waals surface area contributed by atoms with Crippen LogP contribution >= 0.6 is 11.8 Å². The molecule has 2 aromatic rings. The molecule has 1 aromatic carbocycles. The number of hydrogen-bond acceptors (Lipinski definition) is 4. The fourth-order valence-corrected chi connectivity index (χ4v) is 5.72. The summed E-state index contributed by atoms with van der Waals surface area (Å²) in [5.41, 5.74) is 1.71. The molecule has 0 N–H and O–H groups in total. The van der Waals surface area contributed by atoms with Crippen LogP contribution in [0.5, 0.6) is 5.88 Å². The lowest BCUT2D eigenvalue weighted by atomic mass is 9.84. The van der Waals surface area contributed by atoms with E-state index in [1.807, 2.05) is 30.3 Å². The van der Waals surface area contributed by atoms with Gasteiger partial charge in [0.2, 0.25) is 5.88 Å². The summed E-state index contributed by atoms with van der Waals surface area (Å²) in [7, 11) is 1.62. The SMILES string of the molecule is COc1ccc2cc(C(=O)C3CC4CCCC(C3)S4)ccc2n1. The number of ketones is 1. The lowest BCUT2D eigenvalue weighted by Gasteiger charge is -2.38. The Balaban J connectivity index is 1.59. The van der Waals surface area contributed by atoms with Crippen LogP contribution in [0, 0.1) is 5.92 Å². The number of rotatable bonds is 3. The minimum absolute atomic E-state index is 0.204. The summed E-state index contributed by atoms with van der Waals surface area (Å²) in [4.78, 5) is 17.4. The molecule has 4 rings (SSSR count). The molecule has 2 aliphatic heterocycles. The molecule has 3 nitrogen and oxygen atoms in total. The smallest absolute Gasteiger partial charge is 0.213 e. The highest BCUT2D eigenvalue weighted by Gasteiger charge is 2.35. The van der Waals surface area contributed by atoms with Crippen LogP contribution < -0.4 is 4.74 Å². The van der Waals surface area contributed by atoms with Crippen LogP contribution in [0.25, 0.3) is 10.9 Å². The average Bonchev–Trinajstić information content (AvgIpc) is 2.59. The van der Waals surface area contributed by atoms with E-state index < -0.39 is 0 Å². The first-order valence-electron chi connectivity index (χ1n) is 8.37. The Morgan fingerprint density at radius 3 is 2.70 bits per heavy atom. The summed E-state index contributed by atoms with van der Waals surface area (Å²) in [6.07, 6.45) is 6.02. The molecular weight excluding hydrogens is 306 g/mol. The number of benzene rings is 1. The number of pyridine rings is 1. The third-order valence-electron chi connectivity index (χ3n) is 5.06. The Morgan fingerprint density at radius 1 is 1.17 bits per heavy atom. The first-order chi connectivity index (χ1) is 11.2. The molecule has 2 atom stereocenters. The molecule has 0 spiro atoms. The number of carbonyl (C=O) groups excluding carboxylic acids is 1. The number of carbonyl (C=O) groups is 1. The maximum Gasteiger partial charge on any atom is 0.213 e. The van der Waals surface area contributed by atoms with E-state index in [0.717, 1.165) is 29.3 Å². The zero-order valence-corrected chi connectivity index (χ0v) is 14.1. The van der Waals surface area contributed by atoms with E-state index in [2.05, 4.69) is 16.7 Å². The van der Waals surface area contributed by atoms with Gasteiger partial charge in [-0.25, -0.2) is 4.98 Å². The number of nitrogens with zero attached hydrogens (tertiary/aromatic N) is 1. The standard InChI is InChI=1S/C19H21NO2S/c1-22-18-8-6-12-9-13(5-7-17(12)20-18)19(21)14-10-15-3-2-4-16(11-14)23-15/h5-9,14-16H,2-4,10-11H2,1H3. The van der Waals surface area contributed by atoms with E-state index in [1.54, 1.807) is 7.11 Å². The van der Waals surface area contributed by atoms with E-state index in [4.69, 9.17) is 4.74 Å². The van der Waals surface area contributed by atoms with Gasteiger partial charge < -0.3 is 4.74 Å². The molecule has 2 saturated heterocycles. The van der Waals surface area contributed by atoms with Crippen molar-refractivity contribution in [3.63, 3.8) is 0 Å². The Hall–Kier alpha value is -1.55. The molecule has 0 amide bonds. The van der Waals surface area contributed by atoms with Gasteiger partial charge in [0.25, 0.3) is 0 Å². The zero-order valence-electron chi connectivity index (χ0n) is 13.3. The summed E-state index contributed by atoms with van der Waals surface area (Å²) in [5.74, 6) is 1.13. The number of thioether (sulfide) groups is 1. The Bertz CT molecular complexity index is 733. The number of Topliss-reactive ketones (excluding diaryl/α,β-unsaturated/α-hetero) is 1. The van der Waals surface area contributed by atoms with Crippen molar-refractivity contribution < 1.29 is 9.53 Å². The lowest BCUT2D eigenvalue weighted by Crippen LogP contribution is -2.32. The number of methoxy groups -OCH3 is 1. The highest BCUT2D eigenvalue weighted by atomic mass is 32.2. The summed E-state index contributed by atoms with van der Waals surface area (Å²) < 4.78 is 5.16. The van der Waals surface area contributed by atoms with Crippen molar-refractivity contribution in [2.24, 2.45) is 5.92 Å². The highest BCUT2D eigenvalue weighted by molar-refractivity contribution is 8.00. The molecule has 2 aliphatic rings. The first kappa shape index (κ1) is 15.0. The van der Waals surface area contributed by atoms with Gasteiger partial charge in [0.15, 0.2) is 5.78 Å². The van der Waals surface area contributed by atoms with Crippen LogP contribution in [0.1, 0.15) is 42.5 Å². The van der Waals surface area contributed by atoms with Gasteiger partial charge in [-0.05, 0) is 49.9 Å². The molecule has 2 bridgehead atoms. The van der Waals surface area contributed by atoms with Crippen molar-refractivity contribution in [1.82, 2.24) is 4.98 Å². The molecule has 0 aliphatic carbocycles. The zero-order chi connectivity index (χ0) is 15.8. The van der Waals surface area contributed by atoms with Gasteiger partial charge in [-0.3, -0.25) is 4.79 Å². The van der Waals surface area contributed by atoms with E-state index in [-0.39, 0.29) is 5.92 Å². The number of ether oxygens (including phenoxy) is 1. The Morgan fingerprint density at radius 2 is 1.96 bits per heavy atom. The fraction of sp³-hybridized carbons (Fsp3) is 0.474. The van der Waals surface area contributed by atoms with Gasteiger partial charge >= 0.3 is 0 Å². The van der Waals surface area contributed by atoms with Crippen LogP contribution in [-0.2, 0) is 0 Å². The number of hydrogen-bond donors (Lipinski definition) is 0. The first-order valence-corrected chi connectivity index (χ1v) is 9.31. The number of fused-ring (bicyclic) bond motifs is 3. The largest absolute Gasteiger partial charge is 0.481 e. The van der Waals surface area contributed by atoms with E-state index in [1.165, 1.54) is 19.3 Å². The van der Waals surface area contributed by atoms with Gasteiger partial charge in [0.1, 0.15) is 0 Å². The average molecular weight is 327 g/mol. The fourth-order valence-electron chi connectivity index (χ4n) is 3.88. The molecule has 0 radical (unpaired) electrons. The van der Waals surface area contributed by atoms with Gasteiger partial charge in [-0.15, -0.1) is 0 Å². The minimum atomic E-state index is 0.204. The van der Waals surface area contributed by atoms with E-state index >= 15 is 0 Å². The molecule has 120 valence electrons. The summed E-state index contributed by atoms with van der Waals surface area (Å²) in [6, 6.07) is 9.67. The van der Waals surface area contributed by atoms with Crippen LogP contribution in [0.15, 0.2) is 30.3 Å². The van der Waals surface area contributed by atoms with Crippen LogP contribution in [-0.4, -0.2) is 28.4 Å². The van der Waals surface area contributed by atoms with Gasteiger partial charge in [0, 0.05) is 33.4 Å². The van der Waals surface area contributed by atoms with Gasteiger partial charge in [0.05, 0.1) is 12.6 Å². The molecule has 3 heterocycles. The Labute approximate surface area is 140 Å². The molecule has 0 saturated carbocycles. The predicted molar refractivity (Wildman–Crippen MR) is 94.4 cm³/mol. The molecule has 4 heteroatoms. The summed E-state index contributed by atoms with van der Waals surface area (Å²) in [5, 5.41) is 2.40. The van der Waals surface area contributed by atoms with Crippen molar-refractivity contribution in [1.29, 1.82) is 0 Å². The van der Waals surface area contributed by atoms with Crippen LogP contribution in [0.3, 0.4) is 0 Å². The van der Waals surface area contributed by atoms with Crippen molar-refractivity contribution in [3.05, 3.63) is 35.9 Å². The molecule has 2 fully saturated rings.